The Morgan fingerprint density at radius 3 is 2.54 bits per heavy atom. The van der Waals surface area contributed by atoms with E-state index in [-0.39, 0.29) is 12.0 Å². The minimum Gasteiger partial charge on any atom is -0.376 e. The molecule has 0 radical (unpaired) electrons. The van der Waals surface area contributed by atoms with E-state index in [0.29, 0.717) is 17.2 Å². The van der Waals surface area contributed by atoms with Gasteiger partial charge in [-0.3, -0.25) is 15.6 Å². The van der Waals surface area contributed by atoms with Gasteiger partial charge in [0, 0.05) is 37.5 Å². The predicted octanol–water partition coefficient (Wildman–Crippen LogP) is 1.82. The monoisotopic (exact) mass is 350 g/mol. The highest BCUT2D eigenvalue weighted by Crippen LogP contribution is 2.14. The van der Waals surface area contributed by atoms with E-state index in [1.807, 2.05) is 24.3 Å². The lowest BCUT2D eigenvalue weighted by atomic mass is 10.2. The van der Waals surface area contributed by atoms with Gasteiger partial charge in [-0.15, -0.1) is 0 Å². The smallest absolute Gasteiger partial charge is 0.269 e. The Labute approximate surface area is 148 Å². The van der Waals surface area contributed by atoms with Crippen molar-refractivity contribution in [3.05, 3.63) is 29.8 Å². The zero-order valence-electron chi connectivity index (χ0n) is 14.3. The van der Waals surface area contributed by atoms with Crippen molar-refractivity contribution < 1.29 is 9.53 Å². The zero-order chi connectivity index (χ0) is 17.4. The standard InChI is InChI=1S/C17H26N4O2S/c1-3-21(4-2)14-9-7-13(8-10-14)16(22)19-20-17(24)18-12-15-6-5-11-23-15/h7-10,15H,3-6,11-12H2,1-2H3,(H,19,22)(H2,18,20,24)/t15-/m1/s1. The van der Waals surface area contributed by atoms with Crippen LogP contribution in [0.25, 0.3) is 0 Å². The summed E-state index contributed by atoms with van der Waals surface area (Å²) < 4.78 is 5.51. The lowest BCUT2D eigenvalue weighted by molar-refractivity contribution is 0.0943. The summed E-state index contributed by atoms with van der Waals surface area (Å²) >= 11 is 5.14. The second-order valence-electron chi connectivity index (χ2n) is 5.64. The first-order valence-electron chi connectivity index (χ1n) is 8.44. The first-order chi connectivity index (χ1) is 11.6. The Hall–Kier alpha value is -1.86. The quantitative estimate of drug-likeness (QED) is 0.537. The molecule has 0 aliphatic carbocycles. The zero-order valence-corrected chi connectivity index (χ0v) is 15.1. The molecule has 0 spiro atoms. The van der Waals surface area contributed by atoms with E-state index in [2.05, 4.69) is 34.9 Å². The van der Waals surface area contributed by atoms with Crippen molar-refractivity contribution in [3.63, 3.8) is 0 Å². The molecule has 1 aliphatic heterocycles. The largest absolute Gasteiger partial charge is 0.376 e. The van der Waals surface area contributed by atoms with E-state index < -0.39 is 0 Å². The molecule has 3 N–H and O–H groups in total. The van der Waals surface area contributed by atoms with Crippen molar-refractivity contribution in [1.29, 1.82) is 0 Å². The number of nitrogens with zero attached hydrogens (tertiary/aromatic N) is 1. The Balaban J connectivity index is 1.76. The minimum atomic E-state index is -0.220. The lowest BCUT2D eigenvalue weighted by Gasteiger charge is -2.21. The van der Waals surface area contributed by atoms with Gasteiger partial charge in [-0.25, -0.2) is 0 Å². The first-order valence-corrected chi connectivity index (χ1v) is 8.85. The van der Waals surface area contributed by atoms with Gasteiger partial charge < -0.3 is 15.0 Å². The minimum absolute atomic E-state index is 0.202. The fourth-order valence-corrected chi connectivity index (χ4v) is 2.79. The number of thiocarbonyl (C=S) groups is 1. The molecule has 1 atom stereocenters. The Kier molecular flexibility index (Phi) is 7.27. The highest BCUT2D eigenvalue weighted by atomic mass is 32.1. The third kappa shape index (κ3) is 5.35. The fraction of sp³-hybridized carbons (Fsp3) is 0.529. The van der Waals surface area contributed by atoms with E-state index in [0.717, 1.165) is 38.2 Å². The molecule has 0 aromatic heterocycles. The van der Waals surface area contributed by atoms with E-state index in [9.17, 15) is 4.79 Å². The summed E-state index contributed by atoms with van der Waals surface area (Å²) in [6, 6.07) is 7.53. The Bertz CT molecular complexity index is 540. The molecule has 1 fully saturated rings. The van der Waals surface area contributed by atoms with Crippen molar-refractivity contribution in [2.75, 3.05) is 31.1 Å². The number of hydrazine groups is 1. The number of amides is 1. The summed E-state index contributed by atoms with van der Waals surface area (Å²) in [5, 5.41) is 3.43. The van der Waals surface area contributed by atoms with Crippen LogP contribution in [0, 0.1) is 0 Å². The highest BCUT2D eigenvalue weighted by Gasteiger charge is 2.15. The third-order valence-electron chi connectivity index (χ3n) is 4.06. The molecule has 0 unspecified atom stereocenters. The van der Waals surface area contributed by atoms with Crippen molar-refractivity contribution >= 4 is 28.9 Å². The van der Waals surface area contributed by atoms with Gasteiger partial charge in [0.15, 0.2) is 5.11 Å². The summed E-state index contributed by atoms with van der Waals surface area (Å²) in [7, 11) is 0. The van der Waals surface area contributed by atoms with Crippen LogP contribution in [0.3, 0.4) is 0 Å². The average molecular weight is 350 g/mol. The molecule has 1 aliphatic rings. The number of carbonyl (C=O) groups excluding carboxylic acids is 1. The van der Waals surface area contributed by atoms with Crippen LogP contribution in [0.4, 0.5) is 5.69 Å². The van der Waals surface area contributed by atoms with Gasteiger partial charge in [0.1, 0.15) is 0 Å². The predicted molar refractivity (Wildman–Crippen MR) is 100 cm³/mol. The molecule has 1 saturated heterocycles. The number of nitrogens with one attached hydrogen (secondary N) is 3. The maximum atomic E-state index is 12.1. The van der Waals surface area contributed by atoms with Crippen molar-refractivity contribution in [2.24, 2.45) is 0 Å². The van der Waals surface area contributed by atoms with E-state index in [4.69, 9.17) is 17.0 Å². The van der Waals surface area contributed by atoms with Crippen molar-refractivity contribution in [3.8, 4) is 0 Å². The third-order valence-corrected chi connectivity index (χ3v) is 4.31. The molecule has 1 amide bonds. The van der Waals surface area contributed by atoms with Crippen molar-refractivity contribution in [2.45, 2.75) is 32.8 Å². The number of ether oxygens (including phenoxy) is 1. The molecule has 1 aromatic rings. The molecule has 1 aromatic carbocycles. The van der Waals surface area contributed by atoms with Crippen LogP contribution in [-0.2, 0) is 4.74 Å². The van der Waals surface area contributed by atoms with Crippen LogP contribution in [0.5, 0.6) is 0 Å². The van der Waals surface area contributed by atoms with Crippen LogP contribution in [0.2, 0.25) is 0 Å². The number of carbonyl (C=O) groups is 1. The number of anilines is 1. The average Bonchev–Trinajstić information content (AvgIpc) is 3.13. The molecule has 7 heteroatoms. The number of rotatable bonds is 6. The summed E-state index contributed by atoms with van der Waals surface area (Å²) in [6.07, 6.45) is 2.33. The Morgan fingerprint density at radius 1 is 1.25 bits per heavy atom. The summed E-state index contributed by atoms with van der Waals surface area (Å²) in [5.41, 5.74) is 7.02. The number of hydrogen-bond acceptors (Lipinski definition) is 4. The van der Waals surface area contributed by atoms with Gasteiger partial charge >= 0.3 is 0 Å². The lowest BCUT2D eigenvalue weighted by Crippen LogP contribution is -2.48. The summed E-state index contributed by atoms with van der Waals surface area (Å²) in [6.45, 7) is 7.56. The molecule has 2 rings (SSSR count). The van der Waals surface area contributed by atoms with Crippen LogP contribution < -0.4 is 21.1 Å². The fourth-order valence-electron chi connectivity index (χ4n) is 2.65. The second kappa shape index (κ2) is 9.44. The molecular formula is C17H26N4O2S. The van der Waals surface area contributed by atoms with Gasteiger partial charge in [0.25, 0.3) is 5.91 Å². The van der Waals surface area contributed by atoms with Gasteiger partial charge in [-0.1, -0.05) is 0 Å². The van der Waals surface area contributed by atoms with E-state index in [1.165, 1.54) is 0 Å². The molecule has 1 heterocycles. The normalized spacial score (nSPS) is 16.5. The van der Waals surface area contributed by atoms with Gasteiger partial charge in [0.2, 0.25) is 0 Å². The molecular weight excluding hydrogens is 324 g/mol. The highest BCUT2D eigenvalue weighted by molar-refractivity contribution is 7.80. The Morgan fingerprint density at radius 2 is 1.96 bits per heavy atom. The van der Waals surface area contributed by atoms with Gasteiger partial charge in [-0.05, 0) is 63.2 Å². The van der Waals surface area contributed by atoms with Gasteiger partial charge in [-0.2, -0.15) is 0 Å². The molecule has 132 valence electrons. The molecule has 6 nitrogen and oxygen atoms in total. The first kappa shape index (κ1) is 18.5. The molecule has 0 bridgehead atoms. The van der Waals surface area contributed by atoms with E-state index >= 15 is 0 Å². The van der Waals surface area contributed by atoms with Crippen LogP contribution >= 0.6 is 12.2 Å². The molecule has 24 heavy (non-hydrogen) atoms. The summed E-state index contributed by atoms with van der Waals surface area (Å²) in [5.74, 6) is -0.220. The van der Waals surface area contributed by atoms with Crippen molar-refractivity contribution in [1.82, 2.24) is 16.2 Å². The maximum absolute atomic E-state index is 12.1. The number of benzene rings is 1. The van der Waals surface area contributed by atoms with Crippen LogP contribution in [-0.4, -0.2) is 43.4 Å². The van der Waals surface area contributed by atoms with Gasteiger partial charge in [0.05, 0.1) is 6.10 Å². The topological polar surface area (TPSA) is 65.6 Å². The van der Waals surface area contributed by atoms with E-state index in [1.54, 1.807) is 0 Å². The number of hydrogen-bond donors (Lipinski definition) is 3. The second-order valence-corrected chi connectivity index (χ2v) is 6.05. The summed E-state index contributed by atoms with van der Waals surface area (Å²) in [4.78, 5) is 14.4. The SMILES string of the molecule is CCN(CC)c1ccc(C(=O)NNC(=S)NC[C@H]2CCCO2)cc1. The maximum Gasteiger partial charge on any atom is 0.269 e. The molecule has 0 saturated carbocycles. The van der Waals surface area contributed by atoms with Crippen LogP contribution in [0.15, 0.2) is 24.3 Å². The van der Waals surface area contributed by atoms with Crippen LogP contribution in [0.1, 0.15) is 37.0 Å².